The van der Waals surface area contributed by atoms with Crippen molar-refractivity contribution in [3.05, 3.63) is 44.9 Å². The molecule has 8 heteroatoms. The van der Waals surface area contributed by atoms with Crippen LogP contribution < -0.4 is 16.0 Å². The molecular weight excluding hydrogens is 444 g/mol. The average molecular weight is 475 g/mol. The minimum Gasteiger partial charge on any atom is -0.376 e. The van der Waals surface area contributed by atoms with Crippen LogP contribution >= 0.6 is 22.9 Å². The number of carbonyl (C=O) groups excluding carboxylic acids is 2. The number of anilines is 1. The second-order valence-electron chi connectivity index (χ2n) is 9.05. The second kappa shape index (κ2) is 10.2. The normalized spacial score (nSPS) is 18.2. The molecule has 2 saturated carbocycles. The van der Waals surface area contributed by atoms with Crippen LogP contribution in [0, 0.1) is 12.8 Å². The molecule has 2 heterocycles. The molecule has 2 aromatic rings. The summed E-state index contributed by atoms with van der Waals surface area (Å²) in [5.41, 5.74) is 1.74. The standard InChI is InChI=1S/C24H31ClN4O2S/c1-14-19(12-17(25)13-26-14)27-15(2)21-9-10-22(32-21)24(31)29-20(11-16-5-3-4-6-16)23(30)28-18-7-8-18/h9-10,12-13,15-16,18,20,27H,3-8,11H2,1-2H3,(H,28,30)(H,29,31)/t15-,20+/m1/s1. The molecule has 2 atom stereocenters. The predicted molar refractivity (Wildman–Crippen MR) is 129 cm³/mol. The van der Waals surface area contributed by atoms with E-state index in [0.717, 1.165) is 48.4 Å². The Kier molecular flexibility index (Phi) is 7.36. The minimum atomic E-state index is -0.465. The van der Waals surface area contributed by atoms with E-state index in [1.807, 2.05) is 32.0 Å². The molecule has 3 N–H and O–H groups in total. The number of hydrogen-bond acceptors (Lipinski definition) is 5. The molecule has 0 aliphatic heterocycles. The molecule has 0 unspecified atom stereocenters. The Morgan fingerprint density at radius 1 is 1.22 bits per heavy atom. The van der Waals surface area contributed by atoms with E-state index in [0.29, 0.717) is 15.8 Å². The summed E-state index contributed by atoms with van der Waals surface area (Å²) in [4.78, 5) is 31.7. The monoisotopic (exact) mass is 474 g/mol. The molecule has 32 heavy (non-hydrogen) atoms. The van der Waals surface area contributed by atoms with Crippen LogP contribution in [-0.2, 0) is 4.79 Å². The molecule has 2 aromatic heterocycles. The van der Waals surface area contributed by atoms with Crippen LogP contribution in [0.1, 0.15) is 78.2 Å². The summed E-state index contributed by atoms with van der Waals surface area (Å²) in [6, 6.07) is 5.46. The summed E-state index contributed by atoms with van der Waals surface area (Å²) in [6.45, 7) is 3.97. The number of hydrogen-bond donors (Lipinski definition) is 3. The number of carbonyl (C=O) groups is 2. The van der Waals surface area contributed by atoms with Crippen molar-refractivity contribution in [3.8, 4) is 0 Å². The van der Waals surface area contributed by atoms with Gasteiger partial charge < -0.3 is 16.0 Å². The number of rotatable bonds is 9. The Balaban J connectivity index is 1.40. The summed E-state index contributed by atoms with van der Waals surface area (Å²) in [5, 5.41) is 10.1. The third-order valence-electron chi connectivity index (χ3n) is 6.29. The molecular formula is C24H31ClN4O2S. The van der Waals surface area contributed by atoms with Crippen molar-refractivity contribution < 1.29 is 9.59 Å². The minimum absolute atomic E-state index is 0.00651. The molecule has 6 nitrogen and oxygen atoms in total. The first-order chi connectivity index (χ1) is 15.4. The lowest BCUT2D eigenvalue weighted by Gasteiger charge is -2.21. The van der Waals surface area contributed by atoms with Gasteiger partial charge in [-0.25, -0.2) is 0 Å². The van der Waals surface area contributed by atoms with Gasteiger partial charge in [0.15, 0.2) is 0 Å². The number of nitrogens with zero attached hydrogens (tertiary/aromatic N) is 1. The van der Waals surface area contributed by atoms with E-state index >= 15 is 0 Å². The fourth-order valence-electron chi connectivity index (χ4n) is 4.24. The molecule has 4 rings (SSSR count). The Bertz CT molecular complexity index is 969. The van der Waals surface area contributed by atoms with Crippen molar-refractivity contribution in [2.75, 3.05) is 5.32 Å². The van der Waals surface area contributed by atoms with Crippen LogP contribution in [0.3, 0.4) is 0 Å². The van der Waals surface area contributed by atoms with Gasteiger partial charge in [0.25, 0.3) is 5.91 Å². The number of thiophene rings is 1. The van der Waals surface area contributed by atoms with Crippen LogP contribution in [0.25, 0.3) is 0 Å². The molecule has 2 fully saturated rings. The first kappa shape index (κ1) is 23.1. The molecule has 2 aliphatic carbocycles. The summed E-state index contributed by atoms with van der Waals surface area (Å²) in [7, 11) is 0. The highest BCUT2D eigenvalue weighted by atomic mass is 35.5. The Labute approximate surface area is 198 Å². The number of aryl methyl sites for hydroxylation is 1. The third kappa shape index (κ3) is 6.01. The molecule has 0 spiro atoms. The SMILES string of the molecule is Cc1ncc(Cl)cc1N[C@H](C)c1ccc(C(=O)N[C@@H](CC2CCCC2)C(=O)NC2CC2)s1. The fraction of sp³-hybridized carbons (Fsp3) is 0.542. The molecule has 0 radical (unpaired) electrons. The highest BCUT2D eigenvalue weighted by Gasteiger charge is 2.31. The van der Waals surface area contributed by atoms with Crippen molar-refractivity contribution in [1.29, 1.82) is 0 Å². The van der Waals surface area contributed by atoms with Crippen molar-refractivity contribution >= 4 is 40.4 Å². The number of amides is 2. The molecule has 2 amide bonds. The summed E-state index contributed by atoms with van der Waals surface area (Å²) >= 11 is 7.52. The highest BCUT2D eigenvalue weighted by Crippen LogP contribution is 2.30. The van der Waals surface area contributed by atoms with Gasteiger partial charge >= 0.3 is 0 Å². The van der Waals surface area contributed by atoms with Crippen molar-refractivity contribution in [2.45, 2.75) is 76.9 Å². The number of pyridine rings is 1. The van der Waals surface area contributed by atoms with Crippen LogP contribution in [-0.4, -0.2) is 28.9 Å². The third-order valence-corrected chi connectivity index (χ3v) is 7.77. The van der Waals surface area contributed by atoms with E-state index in [1.54, 1.807) is 6.20 Å². The van der Waals surface area contributed by atoms with Crippen LogP contribution in [0.15, 0.2) is 24.4 Å². The Morgan fingerprint density at radius 2 is 1.97 bits per heavy atom. The van der Waals surface area contributed by atoms with Gasteiger partial charge in [-0.1, -0.05) is 37.3 Å². The molecule has 2 aliphatic rings. The lowest BCUT2D eigenvalue weighted by Crippen LogP contribution is -2.48. The summed E-state index contributed by atoms with van der Waals surface area (Å²) < 4.78 is 0. The average Bonchev–Trinajstić information content (AvgIpc) is 3.22. The quantitative estimate of drug-likeness (QED) is 0.464. The molecule has 0 saturated heterocycles. The van der Waals surface area contributed by atoms with Gasteiger partial charge in [0.1, 0.15) is 6.04 Å². The lowest BCUT2D eigenvalue weighted by molar-refractivity contribution is -0.123. The largest absolute Gasteiger partial charge is 0.376 e. The first-order valence-corrected chi connectivity index (χ1v) is 12.7. The topological polar surface area (TPSA) is 83.1 Å². The molecule has 172 valence electrons. The van der Waals surface area contributed by atoms with E-state index in [9.17, 15) is 9.59 Å². The van der Waals surface area contributed by atoms with E-state index < -0.39 is 6.04 Å². The first-order valence-electron chi connectivity index (χ1n) is 11.5. The zero-order valence-electron chi connectivity index (χ0n) is 18.6. The second-order valence-corrected chi connectivity index (χ2v) is 10.6. The predicted octanol–water partition coefficient (Wildman–Crippen LogP) is 5.24. The van der Waals surface area contributed by atoms with Crippen LogP contribution in [0.5, 0.6) is 0 Å². The summed E-state index contributed by atoms with van der Waals surface area (Å²) in [6.07, 6.45) is 9.16. The van der Waals surface area contributed by atoms with Crippen molar-refractivity contribution in [3.63, 3.8) is 0 Å². The van der Waals surface area contributed by atoms with E-state index in [-0.39, 0.29) is 23.9 Å². The maximum atomic E-state index is 13.0. The Morgan fingerprint density at radius 3 is 2.69 bits per heavy atom. The van der Waals surface area contributed by atoms with Gasteiger partial charge in [0.05, 0.1) is 27.3 Å². The van der Waals surface area contributed by atoms with E-state index in [4.69, 9.17) is 11.6 Å². The zero-order valence-corrected chi connectivity index (χ0v) is 20.2. The van der Waals surface area contributed by atoms with Crippen LogP contribution in [0.4, 0.5) is 5.69 Å². The van der Waals surface area contributed by atoms with E-state index in [1.165, 1.54) is 24.2 Å². The highest BCUT2D eigenvalue weighted by molar-refractivity contribution is 7.14. The van der Waals surface area contributed by atoms with Gasteiger partial charge in [-0.3, -0.25) is 14.6 Å². The van der Waals surface area contributed by atoms with Gasteiger partial charge in [0, 0.05) is 17.1 Å². The molecule has 0 aromatic carbocycles. The number of nitrogens with one attached hydrogen (secondary N) is 3. The molecule has 0 bridgehead atoms. The zero-order chi connectivity index (χ0) is 22.7. The lowest BCUT2D eigenvalue weighted by atomic mass is 9.97. The van der Waals surface area contributed by atoms with Gasteiger partial charge in [-0.05, 0) is 57.2 Å². The number of aromatic nitrogens is 1. The van der Waals surface area contributed by atoms with Crippen molar-refractivity contribution in [2.24, 2.45) is 5.92 Å². The summed E-state index contributed by atoms with van der Waals surface area (Å²) in [5.74, 6) is 0.300. The maximum Gasteiger partial charge on any atom is 0.262 e. The maximum absolute atomic E-state index is 13.0. The van der Waals surface area contributed by atoms with Gasteiger partial charge in [0.2, 0.25) is 5.91 Å². The van der Waals surface area contributed by atoms with Gasteiger partial charge in [-0.15, -0.1) is 11.3 Å². The van der Waals surface area contributed by atoms with Crippen LogP contribution in [0.2, 0.25) is 5.02 Å². The van der Waals surface area contributed by atoms with Gasteiger partial charge in [-0.2, -0.15) is 0 Å². The Hall–Kier alpha value is -2.12. The number of halogens is 1. The van der Waals surface area contributed by atoms with Crippen molar-refractivity contribution in [1.82, 2.24) is 15.6 Å². The fourth-order valence-corrected chi connectivity index (χ4v) is 5.31. The van der Waals surface area contributed by atoms with E-state index in [2.05, 4.69) is 20.9 Å². The smallest absolute Gasteiger partial charge is 0.262 e.